The summed E-state index contributed by atoms with van der Waals surface area (Å²) < 4.78 is 0.253. The van der Waals surface area contributed by atoms with E-state index in [9.17, 15) is 0 Å². The van der Waals surface area contributed by atoms with Crippen LogP contribution in [0.5, 0.6) is 0 Å². The first-order chi connectivity index (χ1) is 4.71. The van der Waals surface area contributed by atoms with Crippen LogP contribution in [0, 0.1) is 0 Å². The van der Waals surface area contributed by atoms with Crippen LogP contribution < -0.4 is 5.48 Å². The number of halogens is 1. The quantitative estimate of drug-likeness (QED) is 0.484. The lowest BCUT2D eigenvalue weighted by Crippen LogP contribution is -2.35. The van der Waals surface area contributed by atoms with Crippen LogP contribution in [0.4, 0.5) is 0 Å². The van der Waals surface area contributed by atoms with E-state index < -0.39 is 0 Å². The molecule has 11 heavy (non-hydrogen) atoms. The van der Waals surface area contributed by atoms with Crippen molar-refractivity contribution >= 4 is 22.6 Å². The van der Waals surface area contributed by atoms with E-state index in [-0.39, 0.29) is 9.02 Å². The number of nitrogens with one attached hydrogen (secondary N) is 1. The first-order valence-corrected chi connectivity index (χ1v) is 4.88. The first-order valence-electron chi connectivity index (χ1n) is 3.80. The second-order valence-corrected chi connectivity index (χ2v) is 7.17. The summed E-state index contributed by atoms with van der Waals surface area (Å²) >= 11 is 2.39. The Labute approximate surface area is 83.2 Å². The third-order valence-electron chi connectivity index (χ3n) is 0.871. The summed E-state index contributed by atoms with van der Waals surface area (Å²) in [6, 6.07) is 0. The summed E-state index contributed by atoms with van der Waals surface area (Å²) in [4.78, 5) is 5.35. The summed E-state index contributed by atoms with van der Waals surface area (Å²) in [5, 5.41) is 0. The standard InChI is InChI=1S/C8H18INO/c1-7(2,3)11-10-6-8(4,5)9/h10H,6H2,1-5H3. The third kappa shape index (κ3) is 10.7. The van der Waals surface area contributed by atoms with Crippen molar-refractivity contribution in [3.8, 4) is 0 Å². The van der Waals surface area contributed by atoms with Gasteiger partial charge in [0.2, 0.25) is 0 Å². The molecule has 0 aromatic carbocycles. The molecule has 0 aromatic rings. The molecular weight excluding hydrogens is 253 g/mol. The normalized spacial score (nSPS) is 13.6. The van der Waals surface area contributed by atoms with Crippen LogP contribution in [-0.2, 0) is 4.84 Å². The Kier molecular flexibility index (Phi) is 4.29. The Morgan fingerprint density at radius 2 is 1.64 bits per heavy atom. The smallest absolute Gasteiger partial charge is 0.0812 e. The molecule has 0 amide bonds. The molecule has 2 nitrogen and oxygen atoms in total. The van der Waals surface area contributed by atoms with Gasteiger partial charge in [-0.25, -0.2) is 5.48 Å². The molecule has 0 aliphatic heterocycles. The van der Waals surface area contributed by atoms with Crippen LogP contribution in [-0.4, -0.2) is 15.6 Å². The Morgan fingerprint density at radius 1 is 1.18 bits per heavy atom. The van der Waals surface area contributed by atoms with Crippen molar-refractivity contribution in [3.63, 3.8) is 0 Å². The molecule has 0 bridgehead atoms. The van der Waals surface area contributed by atoms with E-state index in [1.54, 1.807) is 0 Å². The SMILES string of the molecule is CC(C)(I)CNOC(C)(C)C. The number of hydrogen-bond acceptors (Lipinski definition) is 2. The first kappa shape index (κ1) is 11.6. The molecule has 0 radical (unpaired) electrons. The highest BCUT2D eigenvalue weighted by Crippen LogP contribution is 2.15. The minimum Gasteiger partial charge on any atom is -0.296 e. The predicted octanol–water partition coefficient (Wildman–Crippen LogP) is 2.52. The molecule has 0 saturated heterocycles. The Hall–Kier alpha value is 0.650. The number of alkyl halides is 1. The molecule has 0 atom stereocenters. The highest BCUT2D eigenvalue weighted by atomic mass is 127. The monoisotopic (exact) mass is 271 g/mol. The fourth-order valence-corrected chi connectivity index (χ4v) is 0.580. The maximum absolute atomic E-state index is 5.35. The van der Waals surface area contributed by atoms with Gasteiger partial charge < -0.3 is 0 Å². The summed E-state index contributed by atoms with van der Waals surface area (Å²) in [6.45, 7) is 11.3. The molecule has 0 heterocycles. The molecule has 0 saturated carbocycles. The maximum Gasteiger partial charge on any atom is 0.0812 e. The molecule has 0 spiro atoms. The zero-order chi connectivity index (χ0) is 9.12. The van der Waals surface area contributed by atoms with Gasteiger partial charge in [0, 0.05) is 9.97 Å². The number of hydrogen-bond donors (Lipinski definition) is 1. The van der Waals surface area contributed by atoms with E-state index in [1.807, 2.05) is 20.8 Å². The minimum absolute atomic E-state index is 0.0953. The highest BCUT2D eigenvalue weighted by Gasteiger charge is 2.15. The van der Waals surface area contributed by atoms with Gasteiger partial charge in [-0.15, -0.1) is 0 Å². The molecule has 0 fully saturated rings. The second-order valence-electron chi connectivity index (χ2n) is 4.25. The number of rotatable bonds is 3. The van der Waals surface area contributed by atoms with Crippen LogP contribution in [0.3, 0.4) is 0 Å². The predicted molar refractivity (Wildman–Crippen MR) is 56.9 cm³/mol. The van der Waals surface area contributed by atoms with Gasteiger partial charge in [-0.3, -0.25) is 4.84 Å². The van der Waals surface area contributed by atoms with Crippen molar-refractivity contribution < 1.29 is 4.84 Å². The van der Waals surface area contributed by atoms with Crippen LogP contribution >= 0.6 is 22.6 Å². The average molecular weight is 271 g/mol. The summed E-state index contributed by atoms with van der Waals surface area (Å²) in [5.41, 5.74) is 2.86. The van der Waals surface area contributed by atoms with E-state index in [4.69, 9.17) is 4.84 Å². The fraction of sp³-hybridized carbons (Fsp3) is 1.00. The Bertz CT molecular complexity index is 98.2. The minimum atomic E-state index is -0.0953. The molecule has 0 aliphatic carbocycles. The lowest BCUT2D eigenvalue weighted by atomic mass is 10.2. The van der Waals surface area contributed by atoms with Gasteiger partial charge >= 0.3 is 0 Å². The largest absolute Gasteiger partial charge is 0.296 e. The van der Waals surface area contributed by atoms with E-state index in [2.05, 4.69) is 41.9 Å². The zero-order valence-corrected chi connectivity index (χ0v) is 10.2. The molecule has 3 heteroatoms. The fourth-order valence-electron chi connectivity index (χ4n) is 0.424. The van der Waals surface area contributed by atoms with Crippen molar-refractivity contribution in [2.45, 2.75) is 43.6 Å². The lowest BCUT2D eigenvalue weighted by Gasteiger charge is -2.23. The van der Waals surface area contributed by atoms with E-state index >= 15 is 0 Å². The van der Waals surface area contributed by atoms with E-state index in [0.29, 0.717) is 0 Å². The summed E-state index contributed by atoms with van der Waals surface area (Å²) in [6.07, 6.45) is 0. The van der Waals surface area contributed by atoms with Gasteiger partial charge in [-0.1, -0.05) is 22.6 Å². The average Bonchev–Trinajstić information content (AvgIpc) is 1.55. The topological polar surface area (TPSA) is 21.3 Å². The zero-order valence-electron chi connectivity index (χ0n) is 7.99. The van der Waals surface area contributed by atoms with Gasteiger partial charge in [0.15, 0.2) is 0 Å². The van der Waals surface area contributed by atoms with E-state index in [1.165, 1.54) is 0 Å². The summed E-state index contributed by atoms with van der Waals surface area (Å²) in [5.74, 6) is 0. The molecule has 1 N–H and O–H groups in total. The van der Waals surface area contributed by atoms with Crippen molar-refractivity contribution in [2.75, 3.05) is 6.54 Å². The molecule has 68 valence electrons. The van der Waals surface area contributed by atoms with Crippen molar-refractivity contribution in [2.24, 2.45) is 0 Å². The van der Waals surface area contributed by atoms with Gasteiger partial charge in [0.25, 0.3) is 0 Å². The van der Waals surface area contributed by atoms with Gasteiger partial charge in [0.1, 0.15) is 0 Å². The van der Waals surface area contributed by atoms with Crippen LogP contribution in [0.2, 0.25) is 0 Å². The van der Waals surface area contributed by atoms with Gasteiger partial charge in [-0.2, -0.15) is 0 Å². The molecule has 0 rings (SSSR count). The maximum atomic E-state index is 5.35. The lowest BCUT2D eigenvalue weighted by molar-refractivity contribution is -0.0735. The molecular formula is C8H18INO. The van der Waals surface area contributed by atoms with E-state index in [0.717, 1.165) is 6.54 Å². The van der Waals surface area contributed by atoms with Gasteiger partial charge in [0.05, 0.1) is 5.60 Å². The Balaban J connectivity index is 3.44. The van der Waals surface area contributed by atoms with Crippen molar-refractivity contribution in [3.05, 3.63) is 0 Å². The molecule has 0 unspecified atom stereocenters. The van der Waals surface area contributed by atoms with Crippen LogP contribution in [0.25, 0.3) is 0 Å². The highest BCUT2D eigenvalue weighted by molar-refractivity contribution is 14.1. The molecule has 0 aromatic heterocycles. The molecule has 0 aliphatic rings. The number of hydroxylamine groups is 1. The van der Waals surface area contributed by atoms with Crippen LogP contribution in [0.1, 0.15) is 34.6 Å². The van der Waals surface area contributed by atoms with Gasteiger partial charge in [-0.05, 0) is 34.6 Å². The Morgan fingerprint density at radius 3 is 1.91 bits per heavy atom. The van der Waals surface area contributed by atoms with Crippen molar-refractivity contribution in [1.29, 1.82) is 0 Å². The summed E-state index contributed by atoms with van der Waals surface area (Å²) in [7, 11) is 0. The second kappa shape index (κ2) is 4.05. The third-order valence-corrected chi connectivity index (χ3v) is 1.25. The van der Waals surface area contributed by atoms with Crippen LogP contribution in [0.15, 0.2) is 0 Å². The van der Waals surface area contributed by atoms with Crippen molar-refractivity contribution in [1.82, 2.24) is 5.48 Å².